The van der Waals surface area contributed by atoms with Crippen molar-refractivity contribution in [2.75, 3.05) is 19.8 Å². The Labute approximate surface area is 49.2 Å². The molecule has 47 valence electrons. The van der Waals surface area contributed by atoms with Crippen molar-refractivity contribution in [2.24, 2.45) is 5.73 Å². The van der Waals surface area contributed by atoms with Gasteiger partial charge in [0, 0.05) is 13.1 Å². The molecule has 0 aromatic rings. The van der Waals surface area contributed by atoms with Gasteiger partial charge >= 0.3 is 0 Å². The molecular formula is C5H11N2O. The van der Waals surface area contributed by atoms with E-state index in [0.29, 0.717) is 13.3 Å². The molecular weight excluding hydrogens is 104 g/mol. The summed E-state index contributed by atoms with van der Waals surface area (Å²) in [6.07, 6.45) is 1.27. The van der Waals surface area contributed by atoms with Crippen LogP contribution >= 0.6 is 0 Å². The lowest BCUT2D eigenvalue weighted by atomic mass is 10.2. The van der Waals surface area contributed by atoms with E-state index < -0.39 is 0 Å². The van der Waals surface area contributed by atoms with Crippen molar-refractivity contribution in [1.29, 1.82) is 0 Å². The molecule has 1 atom stereocenters. The molecule has 1 aliphatic rings. The molecule has 0 aromatic heterocycles. The fourth-order valence-corrected chi connectivity index (χ4v) is 0.727. The van der Waals surface area contributed by atoms with Gasteiger partial charge in [-0.1, -0.05) is 0 Å². The van der Waals surface area contributed by atoms with Gasteiger partial charge in [-0.05, 0) is 6.42 Å². The average molecular weight is 115 g/mol. The standard InChI is InChI=1S/C5H11N2O/c6-3-5-1-2-7-4-8-5/h5H,1-4,6H2. The van der Waals surface area contributed by atoms with Gasteiger partial charge in [0.05, 0.1) is 6.10 Å². The zero-order valence-corrected chi connectivity index (χ0v) is 4.84. The molecule has 1 aliphatic heterocycles. The molecule has 0 saturated carbocycles. The smallest absolute Gasteiger partial charge is 0.112 e. The Morgan fingerprint density at radius 3 is 3.00 bits per heavy atom. The molecule has 0 amide bonds. The Hall–Kier alpha value is -0.120. The minimum absolute atomic E-state index is 0.271. The van der Waals surface area contributed by atoms with Crippen LogP contribution in [0.4, 0.5) is 0 Å². The molecule has 1 fully saturated rings. The number of ether oxygens (including phenoxy) is 1. The zero-order valence-electron chi connectivity index (χ0n) is 4.84. The Morgan fingerprint density at radius 1 is 1.75 bits per heavy atom. The van der Waals surface area contributed by atoms with E-state index in [1.807, 2.05) is 0 Å². The lowest BCUT2D eigenvalue weighted by molar-refractivity contribution is 0.0109. The van der Waals surface area contributed by atoms with Crippen LogP contribution in [-0.2, 0) is 4.74 Å². The lowest BCUT2D eigenvalue weighted by Crippen LogP contribution is -2.34. The van der Waals surface area contributed by atoms with E-state index in [1.165, 1.54) is 0 Å². The van der Waals surface area contributed by atoms with Gasteiger partial charge in [0.15, 0.2) is 0 Å². The number of hydrogen-bond acceptors (Lipinski definition) is 2. The van der Waals surface area contributed by atoms with Gasteiger partial charge in [-0.15, -0.1) is 0 Å². The third-order valence-corrected chi connectivity index (χ3v) is 1.27. The van der Waals surface area contributed by atoms with Gasteiger partial charge in [0.2, 0.25) is 0 Å². The first-order valence-electron chi connectivity index (χ1n) is 2.88. The van der Waals surface area contributed by atoms with E-state index in [0.717, 1.165) is 13.0 Å². The second-order valence-corrected chi connectivity index (χ2v) is 1.89. The molecule has 1 radical (unpaired) electrons. The summed E-state index contributed by atoms with van der Waals surface area (Å²) in [6.45, 7) is 2.10. The van der Waals surface area contributed by atoms with Crippen molar-refractivity contribution in [3.05, 3.63) is 0 Å². The summed E-state index contributed by atoms with van der Waals surface area (Å²) in [6, 6.07) is 0. The molecule has 1 rings (SSSR count). The highest BCUT2D eigenvalue weighted by molar-refractivity contribution is 4.63. The van der Waals surface area contributed by atoms with Crippen molar-refractivity contribution in [2.45, 2.75) is 12.5 Å². The number of hydrogen-bond donors (Lipinski definition) is 1. The number of nitrogens with two attached hydrogens (primary N) is 1. The number of rotatable bonds is 1. The molecule has 0 spiro atoms. The van der Waals surface area contributed by atoms with Crippen LogP contribution in [0.15, 0.2) is 0 Å². The summed E-state index contributed by atoms with van der Waals surface area (Å²) in [5, 5.41) is 4.00. The molecule has 3 nitrogen and oxygen atoms in total. The van der Waals surface area contributed by atoms with Gasteiger partial charge in [-0.25, -0.2) is 5.32 Å². The minimum Gasteiger partial charge on any atom is -0.360 e. The second kappa shape index (κ2) is 3.02. The van der Waals surface area contributed by atoms with Crippen LogP contribution in [0.5, 0.6) is 0 Å². The summed E-state index contributed by atoms with van der Waals surface area (Å²) in [5.74, 6) is 0. The van der Waals surface area contributed by atoms with Crippen LogP contribution in [-0.4, -0.2) is 25.9 Å². The van der Waals surface area contributed by atoms with Crippen LogP contribution in [0.3, 0.4) is 0 Å². The van der Waals surface area contributed by atoms with Crippen LogP contribution in [0.25, 0.3) is 0 Å². The first-order valence-corrected chi connectivity index (χ1v) is 2.88. The maximum atomic E-state index is 5.34. The summed E-state index contributed by atoms with van der Waals surface area (Å²) < 4.78 is 5.14. The average Bonchev–Trinajstić information content (AvgIpc) is 1.90. The predicted octanol–water partition coefficient (Wildman–Crippen LogP) is -0.704. The van der Waals surface area contributed by atoms with E-state index >= 15 is 0 Å². The summed E-state index contributed by atoms with van der Waals surface area (Å²) in [4.78, 5) is 0. The predicted molar refractivity (Wildman–Crippen MR) is 30.4 cm³/mol. The molecule has 1 heterocycles. The summed E-state index contributed by atoms with van der Waals surface area (Å²) >= 11 is 0. The van der Waals surface area contributed by atoms with E-state index in [1.54, 1.807) is 0 Å². The van der Waals surface area contributed by atoms with Crippen LogP contribution in [0.1, 0.15) is 6.42 Å². The topological polar surface area (TPSA) is 49.4 Å². The third-order valence-electron chi connectivity index (χ3n) is 1.27. The summed E-state index contributed by atoms with van der Waals surface area (Å²) in [7, 11) is 0. The zero-order chi connectivity index (χ0) is 5.82. The monoisotopic (exact) mass is 115 g/mol. The largest absolute Gasteiger partial charge is 0.360 e. The highest BCUT2D eigenvalue weighted by Crippen LogP contribution is 1.99. The third kappa shape index (κ3) is 1.43. The van der Waals surface area contributed by atoms with Crippen molar-refractivity contribution < 1.29 is 4.74 Å². The first kappa shape index (κ1) is 6.01. The van der Waals surface area contributed by atoms with Gasteiger partial charge in [-0.2, -0.15) is 0 Å². The fraction of sp³-hybridized carbons (Fsp3) is 1.00. The highest BCUT2D eigenvalue weighted by Gasteiger charge is 2.10. The van der Waals surface area contributed by atoms with Gasteiger partial charge in [0.25, 0.3) is 0 Å². The second-order valence-electron chi connectivity index (χ2n) is 1.89. The quantitative estimate of drug-likeness (QED) is 0.491. The first-order chi connectivity index (χ1) is 3.93. The molecule has 1 unspecified atom stereocenters. The van der Waals surface area contributed by atoms with Crippen LogP contribution in [0.2, 0.25) is 0 Å². The van der Waals surface area contributed by atoms with Crippen LogP contribution < -0.4 is 11.1 Å². The Balaban J connectivity index is 2.13. The molecule has 3 heteroatoms. The molecule has 1 saturated heterocycles. The van der Waals surface area contributed by atoms with Crippen molar-refractivity contribution in [1.82, 2.24) is 5.32 Å². The van der Waals surface area contributed by atoms with E-state index in [-0.39, 0.29) is 6.10 Å². The molecule has 0 aliphatic carbocycles. The van der Waals surface area contributed by atoms with Crippen LogP contribution in [0, 0.1) is 0 Å². The van der Waals surface area contributed by atoms with E-state index in [2.05, 4.69) is 5.32 Å². The Bertz CT molecular complexity index is 61.4. The van der Waals surface area contributed by atoms with Crippen molar-refractivity contribution in [3.63, 3.8) is 0 Å². The number of nitrogens with zero attached hydrogens (tertiary/aromatic N) is 1. The van der Waals surface area contributed by atoms with Gasteiger partial charge < -0.3 is 10.5 Å². The SMILES string of the molecule is NCC1CC[N]CO1. The summed E-state index contributed by atoms with van der Waals surface area (Å²) in [5.41, 5.74) is 5.34. The maximum Gasteiger partial charge on any atom is 0.112 e. The highest BCUT2D eigenvalue weighted by atomic mass is 16.5. The fourth-order valence-electron chi connectivity index (χ4n) is 0.727. The Kier molecular flexibility index (Phi) is 2.27. The molecule has 0 bridgehead atoms. The molecule has 0 aromatic carbocycles. The van der Waals surface area contributed by atoms with Crippen molar-refractivity contribution >= 4 is 0 Å². The Morgan fingerprint density at radius 2 is 2.62 bits per heavy atom. The van der Waals surface area contributed by atoms with E-state index in [4.69, 9.17) is 10.5 Å². The van der Waals surface area contributed by atoms with Gasteiger partial charge in [-0.3, -0.25) is 0 Å². The van der Waals surface area contributed by atoms with Gasteiger partial charge in [0.1, 0.15) is 6.73 Å². The maximum absolute atomic E-state index is 5.34. The lowest BCUT2D eigenvalue weighted by Gasteiger charge is -2.19. The molecule has 2 N–H and O–H groups in total. The molecule has 8 heavy (non-hydrogen) atoms. The minimum atomic E-state index is 0.271. The van der Waals surface area contributed by atoms with Crippen molar-refractivity contribution in [3.8, 4) is 0 Å². The normalized spacial score (nSPS) is 30.4. The van der Waals surface area contributed by atoms with E-state index in [9.17, 15) is 0 Å².